The number of rotatable bonds is 4. The highest BCUT2D eigenvalue weighted by Crippen LogP contribution is 2.28. The molecule has 23 heavy (non-hydrogen) atoms. The van der Waals surface area contributed by atoms with Gasteiger partial charge < -0.3 is 4.90 Å². The second-order valence-corrected chi connectivity index (χ2v) is 5.78. The van der Waals surface area contributed by atoms with Crippen LogP contribution >= 0.6 is 0 Å². The number of anilines is 1. The van der Waals surface area contributed by atoms with Crippen LogP contribution in [0.3, 0.4) is 0 Å². The van der Waals surface area contributed by atoms with Gasteiger partial charge in [0.1, 0.15) is 5.82 Å². The average molecular weight is 312 g/mol. The number of amides is 1. The zero-order valence-corrected chi connectivity index (χ0v) is 12.8. The topological polar surface area (TPSA) is 50.3 Å². The summed E-state index contributed by atoms with van der Waals surface area (Å²) in [5, 5.41) is 0. The van der Waals surface area contributed by atoms with Gasteiger partial charge in [0.25, 0.3) is 0 Å². The van der Waals surface area contributed by atoms with Crippen LogP contribution in [-0.2, 0) is 11.2 Å². The molecular weight excluding hydrogens is 295 g/mol. The summed E-state index contributed by atoms with van der Waals surface area (Å²) in [5.74, 6) is -1.25. The summed E-state index contributed by atoms with van der Waals surface area (Å²) < 4.78 is 13.2. The maximum absolute atomic E-state index is 13.2. The number of hydrogen-bond donors (Lipinski definition) is 0. The molecule has 1 atom stereocenters. The van der Waals surface area contributed by atoms with Crippen LogP contribution < -0.4 is 4.90 Å². The number of Topliss-reactive ketones (excluding diaryl/α,β-unsaturated/α-hetero) is 1. The molecule has 1 aliphatic heterocycles. The first-order valence-electron chi connectivity index (χ1n) is 7.59. The fourth-order valence-corrected chi connectivity index (χ4v) is 2.88. The van der Waals surface area contributed by atoms with Gasteiger partial charge >= 0.3 is 0 Å². The van der Waals surface area contributed by atoms with Gasteiger partial charge in [-0.1, -0.05) is 19.1 Å². The molecule has 0 saturated heterocycles. The minimum absolute atomic E-state index is 0.0906. The third kappa shape index (κ3) is 3.13. The van der Waals surface area contributed by atoms with Gasteiger partial charge in [0, 0.05) is 42.5 Å². The van der Waals surface area contributed by atoms with E-state index in [1.54, 1.807) is 30.3 Å². The van der Waals surface area contributed by atoms with E-state index in [1.165, 1.54) is 18.2 Å². The van der Waals surface area contributed by atoms with Gasteiger partial charge in [-0.3, -0.25) is 14.6 Å². The standard InChI is InChI=1S/C18H17FN2O2/c1-12(18(23)13-3-2-4-15(19)10-13)9-17(22)21-8-6-14-11-20-7-5-16(14)21/h2-5,7,10-12H,6,8-9H2,1H3. The van der Waals surface area contributed by atoms with Gasteiger partial charge in [0.15, 0.2) is 5.78 Å². The number of ketones is 1. The van der Waals surface area contributed by atoms with E-state index in [9.17, 15) is 14.0 Å². The van der Waals surface area contributed by atoms with Crippen molar-refractivity contribution in [2.24, 2.45) is 5.92 Å². The van der Waals surface area contributed by atoms with E-state index >= 15 is 0 Å². The predicted octanol–water partition coefficient (Wildman–Crippen LogP) is 3.02. The summed E-state index contributed by atoms with van der Waals surface area (Å²) in [6, 6.07) is 7.39. The second kappa shape index (κ2) is 6.28. The quantitative estimate of drug-likeness (QED) is 0.815. The Morgan fingerprint density at radius 3 is 2.96 bits per heavy atom. The summed E-state index contributed by atoms with van der Waals surface area (Å²) in [7, 11) is 0. The summed E-state index contributed by atoms with van der Waals surface area (Å²) in [4.78, 5) is 30.6. The zero-order chi connectivity index (χ0) is 16.4. The van der Waals surface area contributed by atoms with Crippen LogP contribution in [0, 0.1) is 11.7 Å². The molecule has 5 heteroatoms. The number of fused-ring (bicyclic) bond motifs is 1. The van der Waals surface area contributed by atoms with Crippen molar-refractivity contribution in [3.63, 3.8) is 0 Å². The number of aromatic nitrogens is 1. The summed E-state index contributed by atoms with van der Waals surface area (Å²) in [6.45, 7) is 2.31. The second-order valence-electron chi connectivity index (χ2n) is 5.78. The van der Waals surface area contributed by atoms with E-state index in [-0.39, 0.29) is 18.1 Å². The number of carbonyl (C=O) groups is 2. The summed E-state index contributed by atoms with van der Waals surface area (Å²) in [5.41, 5.74) is 2.22. The highest BCUT2D eigenvalue weighted by Gasteiger charge is 2.27. The Labute approximate surface area is 134 Å². The first kappa shape index (κ1) is 15.3. The van der Waals surface area contributed by atoms with E-state index in [2.05, 4.69) is 4.98 Å². The monoisotopic (exact) mass is 312 g/mol. The van der Waals surface area contributed by atoms with Gasteiger partial charge in [-0.15, -0.1) is 0 Å². The van der Waals surface area contributed by atoms with Crippen molar-refractivity contribution >= 4 is 17.4 Å². The molecule has 2 aromatic rings. The Hall–Kier alpha value is -2.56. The number of carbonyl (C=O) groups excluding carboxylic acids is 2. The lowest BCUT2D eigenvalue weighted by Crippen LogP contribution is -2.31. The Kier molecular flexibility index (Phi) is 4.19. The first-order valence-corrected chi connectivity index (χ1v) is 7.59. The van der Waals surface area contributed by atoms with E-state index < -0.39 is 11.7 Å². The van der Waals surface area contributed by atoms with Gasteiger partial charge in [-0.05, 0) is 30.2 Å². The summed E-state index contributed by atoms with van der Waals surface area (Å²) >= 11 is 0. The van der Waals surface area contributed by atoms with Gasteiger partial charge in [-0.2, -0.15) is 0 Å². The van der Waals surface area contributed by atoms with E-state index in [0.29, 0.717) is 12.1 Å². The molecule has 0 bridgehead atoms. The maximum Gasteiger partial charge on any atom is 0.227 e. The number of pyridine rings is 1. The number of hydrogen-bond acceptors (Lipinski definition) is 3. The van der Waals surface area contributed by atoms with Crippen molar-refractivity contribution in [3.8, 4) is 0 Å². The smallest absolute Gasteiger partial charge is 0.227 e. The molecule has 0 radical (unpaired) electrons. The third-order valence-electron chi connectivity index (χ3n) is 4.11. The molecule has 1 aromatic carbocycles. The lowest BCUT2D eigenvalue weighted by molar-refractivity contribution is -0.119. The lowest BCUT2D eigenvalue weighted by atomic mass is 9.96. The van der Waals surface area contributed by atoms with E-state index in [0.717, 1.165) is 17.7 Å². The zero-order valence-electron chi connectivity index (χ0n) is 12.8. The molecule has 1 aliphatic rings. The Morgan fingerprint density at radius 1 is 1.35 bits per heavy atom. The number of benzene rings is 1. The molecule has 2 heterocycles. The molecule has 0 fully saturated rings. The third-order valence-corrected chi connectivity index (χ3v) is 4.11. The Morgan fingerprint density at radius 2 is 2.17 bits per heavy atom. The van der Waals surface area contributed by atoms with Crippen LogP contribution in [0.5, 0.6) is 0 Å². The molecule has 4 nitrogen and oxygen atoms in total. The first-order chi connectivity index (χ1) is 11.1. The molecule has 0 aliphatic carbocycles. The average Bonchev–Trinajstić information content (AvgIpc) is 2.98. The van der Waals surface area contributed by atoms with Crippen molar-refractivity contribution in [2.45, 2.75) is 19.8 Å². The highest BCUT2D eigenvalue weighted by atomic mass is 19.1. The minimum atomic E-state index is -0.491. The molecule has 0 saturated carbocycles. The molecule has 3 rings (SSSR count). The predicted molar refractivity (Wildman–Crippen MR) is 84.8 cm³/mol. The molecule has 1 amide bonds. The Balaban J connectivity index is 1.70. The van der Waals surface area contributed by atoms with Crippen molar-refractivity contribution in [3.05, 3.63) is 59.7 Å². The minimum Gasteiger partial charge on any atom is -0.312 e. The van der Waals surface area contributed by atoms with Gasteiger partial charge in [-0.25, -0.2) is 4.39 Å². The largest absolute Gasteiger partial charge is 0.312 e. The van der Waals surface area contributed by atoms with Crippen molar-refractivity contribution in [1.29, 1.82) is 0 Å². The Bertz CT molecular complexity index is 760. The molecule has 0 spiro atoms. The molecule has 118 valence electrons. The van der Waals surface area contributed by atoms with Crippen LogP contribution in [0.2, 0.25) is 0 Å². The molecule has 1 unspecified atom stereocenters. The van der Waals surface area contributed by atoms with Gasteiger partial charge in [0.05, 0.1) is 0 Å². The SMILES string of the molecule is CC(CC(=O)N1CCc2cnccc21)C(=O)c1cccc(F)c1. The lowest BCUT2D eigenvalue weighted by Gasteiger charge is -2.19. The van der Waals surface area contributed by atoms with Crippen LogP contribution in [0.25, 0.3) is 0 Å². The van der Waals surface area contributed by atoms with Crippen LogP contribution in [0.1, 0.15) is 29.3 Å². The van der Waals surface area contributed by atoms with Crippen molar-refractivity contribution in [2.75, 3.05) is 11.4 Å². The summed E-state index contributed by atoms with van der Waals surface area (Å²) in [6.07, 6.45) is 4.31. The van der Waals surface area contributed by atoms with Crippen LogP contribution in [0.15, 0.2) is 42.7 Å². The normalized spacial score (nSPS) is 14.4. The fraction of sp³-hybridized carbons (Fsp3) is 0.278. The maximum atomic E-state index is 13.2. The number of halogens is 1. The highest BCUT2D eigenvalue weighted by molar-refractivity contribution is 6.02. The molecular formula is C18H17FN2O2. The molecule has 1 aromatic heterocycles. The number of nitrogens with zero attached hydrogens (tertiary/aromatic N) is 2. The fourth-order valence-electron chi connectivity index (χ4n) is 2.88. The van der Waals surface area contributed by atoms with Crippen molar-refractivity contribution in [1.82, 2.24) is 4.98 Å². The van der Waals surface area contributed by atoms with Crippen LogP contribution in [-0.4, -0.2) is 23.2 Å². The van der Waals surface area contributed by atoms with Gasteiger partial charge in [0.2, 0.25) is 5.91 Å². The molecule has 0 N–H and O–H groups in total. The van der Waals surface area contributed by atoms with Crippen LogP contribution in [0.4, 0.5) is 10.1 Å². The van der Waals surface area contributed by atoms with Crippen molar-refractivity contribution < 1.29 is 14.0 Å². The van der Waals surface area contributed by atoms with E-state index in [4.69, 9.17) is 0 Å². The van der Waals surface area contributed by atoms with E-state index in [1.807, 2.05) is 6.07 Å².